The molecule has 6 heteroatoms. The number of benzene rings is 1. The fourth-order valence-electron chi connectivity index (χ4n) is 4.01. The number of hydrogen-bond acceptors (Lipinski definition) is 4. The monoisotopic (exact) mass is 381 g/mol. The van der Waals surface area contributed by atoms with E-state index < -0.39 is 0 Å². The third kappa shape index (κ3) is 3.87. The van der Waals surface area contributed by atoms with E-state index in [1.54, 1.807) is 0 Å². The van der Waals surface area contributed by atoms with E-state index >= 15 is 0 Å². The van der Waals surface area contributed by atoms with Crippen LogP contribution in [-0.2, 0) is 0 Å². The number of nitrogens with zero attached hydrogens (tertiary/aromatic N) is 3. The molecular weight excluding hydrogens is 353 g/mol. The Bertz CT molecular complexity index is 926. The fraction of sp³-hybridized carbons (Fsp3) is 0.455. The number of unbranched alkanes of at least 4 members (excludes halogenated alkanes) is 1. The third-order valence-electron chi connectivity index (χ3n) is 5.67. The summed E-state index contributed by atoms with van der Waals surface area (Å²) in [6.45, 7) is 3.03. The molecule has 0 atom stereocenters. The Balaban J connectivity index is 1.75. The van der Waals surface area contributed by atoms with Crippen molar-refractivity contribution in [2.24, 2.45) is 5.73 Å². The molecule has 3 N–H and O–H groups in total. The summed E-state index contributed by atoms with van der Waals surface area (Å²) in [5, 5.41) is 4.33. The largest absolute Gasteiger partial charge is 0.354 e. The molecule has 0 aliphatic heterocycles. The van der Waals surface area contributed by atoms with E-state index in [-0.39, 0.29) is 5.82 Å². The predicted molar refractivity (Wildman–Crippen MR) is 112 cm³/mol. The quantitative estimate of drug-likeness (QED) is 0.597. The summed E-state index contributed by atoms with van der Waals surface area (Å²) in [5.41, 5.74) is 9.07. The van der Waals surface area contributed by atoms with E-state index in [1.165, 1.54) is 12.1 Å². The maximum Gasteiger partial charge on any atom is 0.224 e. The molecule has 28 heavy (non-hydrogen) atoms. The number of anilines is 1. The maximum atomic E-state index is 13.4. The van der Waals surface area contributed by atoms with Crippen LogP contribution < -0.4 is 11.1 Å². The number of nitrogens with two attached hydrogens (primary N) is 1. The van der Waals surface area contributed by atoms with Gasteiger partial charge < -0.3 is 15.6 Å². The van der Waals surface area contributed by atoms with Gasteiger partial charge in [0, 0.05) is 42.0 Å². The Labute approximate surface area is 165 Å². The van der Waals surface area contributed by atoms with Crippen LogP contribution >= 0.6 is 0 Å². The molecule has 3 aromatic rings. The summed E-state index contributed by atoms with van der Waals surface area (Å²) >= 11 is 0. The molecule has 2 aromatic heterocycles. The second-order valence-electron chi connectivity index (χ2n) is 7.74. The fourth-order valence-corrected chi connectivity index (χ4v) is 4.01. The van der Waals surface area contributed by atoms with Crippen LogP contribution in [0.25, 0.3) is 22.2 Å². The van der Waals surface area contributed by atoms with Crippen molar-refractivity contribution in [2.45, 2.75) is 57.5 Å². The van der Waals surface area contributed by atoms with Crippen molar-refractivity contribution in [2.75, 3.05) is 11.9 Å². The third-order valence-corrected chi connectivity index (χ3v) is 5.67. The zero-order valence-electron chi connectivity index (χ0n) is 16.4. The van der Waals surface area contributed by atoms with Gasteiger partial charge in [0.2, 0.25) is 5.95 Å². The topological polar surface area (TPSA) is 68.8 Å². The lowest BCUT2D eigenvalue weighted by Gasteiger charge is -2.27. The van der Waals surface area contributed by atoms with Crippen molar-refractivity contribution >= 4 is 17.0 Å². The van der Waals surface area contributed by atoms with Crippen LogP contribution in [0.3, 0.4) is 0 Å². The Morgan fingerprint density at radius 2 is 1.93 bits per heavy atom. The van der Waals surface area contributed by atoms with Gasteiger partial charge >= 0.3 is 0 Å². The van der Waals surface area contributed by atoms with Gasteiger partial charge in [-0.25, -0.2) is 9.37 Å². The predicted octanol–water partition coefficient (Wildman–Crippen LogP) is 4.89. The number of hydrogen-bond donors (Lipinski definition) is 2. The molecule has 0 amide bonds. The highest BCUT2D eigenvalue weighted by Crippen LogP contribution is 2.36. The summed E-state index contributed by atoms with van der Waals surface area (Å²) in [4.78, 5) is 9.36. The lowest BCUT2D eigenvalue weighted by atomic mass is 9.92. The molecule has 5 nitrogen and oxygen atoms in total. The Morgan fingerprint density at radius 3 is 2.64 bits per heavy atom. The van der Waals surface area contributed by atoms with E-state index in [2.05, 4.69) is 28.0 Å². The second kappa shape index (κ2) is 8.27. The van der Waals surface area contributed by atoms with Gasteiger partial charge in [-0.1, -0.05) is 25.5 Å². The van der Waals surface area contributed by atoms with Crippen LogP contribution in [0, 0.1) is 5.82 Å². The summed E-state index contributed by atoms with van der Waals surface area (Å²) < 4.78 is 15.7. The molecule has 1 aliphatic rings. The minimum Gasteiger partial charge on any atom is -0.354 e. The van der Waals surface area contributed by atoms with Crippen LogP contribution in [0.15, 0.2) is 36.7 Å². The average Bonchev–Trinajstić information content (AvgIpc) is 3.08. The summed E-state index contributed by atoms with van der Waals surface area (Å²) in [7, 11) is 0. The van der Waals surface area contributed by atoms with Crippen LogP contribution in [0.4, 0.5) is 10.3 Å². The van der Waals surface area contributed by atoms with Crippen molar-refractivity contribution in [3.8, 4) is 11.1 Å². The number of halogens is 1. The van der Waals surface area contributed by atoms with Gasteiger partial charge in [-0.2, -0.15) is 4.98 Å². The number of aromatic nitrogens is 3. The molecule has 148 valence electrons. The summed E-state index contributed by atoms with van der Waals surface area (Å²) in [5.74, 6) is 0.436. The van der Waals surface area contributed by atoms with Crippen molar-refractivity contribution < 1.29 is 4.39 Å². The SMILES string of the molecule is CCCCNc1ncc2c(-c3ccc(F)cc3)cn([C@H]3CC[C@H](N)CC3)c2n1. The molecule has 4 rings (SSSR count). The number of nitrogens with one attached hydrogen (secondary N) is 1. The van der Waals surface area contributed by atoms with Crippen LogP contribution in [0.2, 0.25) is 0 Å². The number of fused-ring (bicyclic) bond motifs is 1. The molecule has 1 fully saturated rings. The average molecular weight is 381 g/mol. The van der Waals surface area contributed by atoms with Crippen LogP contribution in [0.5, 0.6) is 0 Å². The normalized spacial score (nSPS) is 19.8. The first-order valence-corrected chi connectivity index (χ1v) is 10.3. The first kappa shape index (κ1) is 18.9. The molecule has 1 aliphatic carbocycles. The molecule has 1 aromatic carbocycles. The molecule has 0 unspecified atom stereocenters. The Morgan fingerprint density at radius 1 is 1.18 bits per heavy atom. The van der Waals surface area contributed by atoms with E-state index in [0.29, 0.717) is 18.0 Å². The van der Waals surface area contributed by atoms with E-state index in [4.69, 9.17) is 10.7 Å². The Kier molecular flexibility index (Phi) is 5.57. The lowest BCUT2D eigenvalue weighted by molar-refractivity contribution is 0.329. The highest BCUT2D eigenvalue weighted by atomic mass is 19.1. The van der Waals surface area contributed by atoms with Crippen molar-refractivity contribution in [3.63, 3.8) is 0 Å². The van der Waals surface area contributed by atoms with Gasteiger partial charge in [0.25, 0.3) is 0 Å². The van der Waals surface area contributed by atoms with E-state index in [9.17, 15) is 4.39 Å². The molecular formula is C22H28FN5. The van der Waals surface area contributed by atoms with Crippen molar-refractivity contribution in [3.05, 3.63) is 42.5 Å². The van der Waals surface area contributed by atoms with Crippen molar-refractivity contribution in [1.82, 2.24) is 14.5 Å². The number of rotatable bonds is 6. The van der Waals surface area contributed by atoms with Gasteiger partial charge in [-0.05, 0) is 49.8 Å². The maximum absolute atomic E-state index is 13.4. The zero-order chi connectivity index (χ0) is 19.5. The van der Waals surface area contributed by atoms with Gasteiger partial charge in [-0.3, -0.25) is 0 Å². The lowest BCUT2D eigenvalue weighted by Crippen LogP contribution is -2.27. The molecule has 0 bridgehead atoms. The minimum absolute atomic E-state index is 0.229. The second-order valence-corrected chi connectivity index (χ2v) is 7.74. The van der Waals surface area contributed by atoms with Gasteiger partial charge in [0.1, 0.15) is 11.5 Å². The standard InChI is InChI=1S/C22H28FN5/c1-2-3-12-25-22-26-13-19-20(15-4-6-16(23)7-5-15)14-28(21(19)27-22)18-10-8-17(24)9-11-18/h4-7,13-14,17-18H,2-3,8-12,24H2,1H3,(H,25,26,27)/t17-,18-. The molecule has 0 radical (unpaired) electrons. The molecule has 0 spiro atoms. The van der Waals surface area contributed by atoms with E-state index in [1.807, 2.05) is 18.3 Å². The van der Waals surface area contributed by atoms with E-state index in [0.717, 1.165) is 67.2 Å². The first-order valence-electron chi connectivity index (χ1n) is 10.3. The molecule has 1 saturated carbocycles. The van der Waals surface area contributed by atoms with Crippen molar-refractivity contribution in [1.29, 1.82) is 0 Å². The van der Waals surface area contributed by atoms with Gasteiger partial charge in [0.15, 0.2) is 0 Å². The highest BCUT2D eigenvalue weighted by molar-refractivity contribution is 5.94. The van der Waals surface area contributed by atoms with Crippen LogP contribution in [0.1, 0.15) is 51.5 Å². The summed E-state index contributed by atoms with van der Waals surface area (Å²) in [6, 6.07) is 7.32. The van der Waals surface area contributed by atoms with Gasteiger partial charge in [0.05, 0.1) is 0 Å². The highest BCUT2D eigenvalue weighted by Gasteiger charge is 2.23. The Hall–Kier alpha value is -2.47. The molecule has 0 saturated heterocycles. The first-order chi connectivity index (χ1) is 13.7. The summed E-state index contributed by atoms with van der Waals surface area (Å²) in [6.07, 6.45) is 10.4. The molecule has 2 heterocycles. The van der Waals surface area contributed by atoms with Crippen LogP contribution in [-0.4, -0.2) is 27.1 Å². The zero-order valence-corrected chi connectivity index (χ0v) is 16.4. The van der Waals surface area contributed by atoms with Gasteiger partial charge in [-0.15, -0.1) is 0 Å². The minimum atomic E-state index is -0.229. The smallest absolute Gasteiger partial charge is 0.224 e.